The van der Waals surface area contributed by atoms with E-state index in [1.54, 1.807) is 18.2 Å². The number of primary amides is 1. The molecular formula is C37H44ClF2N5O2. The number of hydrogen-bond donors (Lipinski definition) is 3. The van der Waals surface area contributed by atoms with Gasteiger partial charge in [-0.3, -0.25) is 9.78 Å². The molecule has 1 unspecified atom stereocenters. The number of rotatable bonds is 8. The quantitative estimate of drug-likeness (QED) is 0.163. The van der Waals surface area contributed by atoms with Crippen molar-refractivity contribution in [1.29, 1.82) is 0 Å². The fraction of sp³-hybridized carbons (Fsp3) is 0.378. The monoisotopic (exact) mass is 663 g/mol. The normalized spacial score (nSPS) is 15.8. The van der Waals surface area contributed by atoms with E-state index in [2.05, 4.69) is 37.9 Å². The first-order valence-electron chi connectivity index (χ1n) is 15.9. The second-order valence-electron chi connectivity index (χ2n) is 12.6. The van der Waals surface area contributed by atoms with E-state index in [4.69, 9.17) is 36.8 Å². The Balaban J connectivity index is 0.000000654. The van der Waals surface area contributed by atoms with Gasteiger partial charge in [0.05, 0.1) is 28.7 Å². The Bertz CT molecular complexity index is 1740. The van der Waals surface area contributed by atoms with Crippen molar-refractivity contribution >= 4 is 34.6 Å². The molecule has 47 heavy (non-hydrogen) atoms. The number of nitrogens with zero attached hydrogens (tertiary/aromatic N) is 2. The molecule has 2 aliphatic rings. The van der Waals surface area contributed by atoms with Crippen LogP contribution in [0, 0.1) is 12.7 Å². The van der Waals surface area contributed by atoms with Crippen molar-refractivity contribution in [2.75, 3.05) is 18.5 Å². The smallest absolute Gasteiger partial charge is 0.204 e. The molecule has 3 heterocycles. The van der Waals surface area contributed by atoms with Crippen molar-refractivity contribution in [1.82, 2.24) is 9.97 Å². The highest BCUT2D eigenvalue weighted by molar-refractivity contribution is 6.31. The van der Waals surface area contributed by atoms with Crippen LogP contribution in [0.25, 0.3) is 22.2 Å². The van der Waals surface area contributed by atoms with Crippen LogP contribution in [0.1, 0.15) is 75.4 Å². The molecule has 1 fully saturated rings. The van der Waals surface area contributed by atoms with Gasteiger partial charge in [-0.05, 0) is 105 Å². The summed E-state index contributed by atoms with van der Waals surface area (Å²) in [7, 11) is 0. The summed E-state index contributed by atoms with van der Waals surface area (Å²) in [6.07, 6.45) is 5.86. The van der Waals surface area contributed by atoms with E-state index in [0.29, 0.717) is 36.6 Å². The molecular weight excluding hydrogens is 620 g/mol. The van der Waals surface area contributed by atoms with Gasteiger partial charge >= 0.3 is 0 Å². The van der Waals surface area contributed by atoms with E-state index in [-0.39, 0.29) is 17.6 Å². The predicted octanol–water partition coefficient (Wildman–Crippen LogP) is 8.30. The third-order valence-corrected chi connectivity index (χ3v) is 8.85. The highest BCUT2D eigenvalue weighted by atomic mass is 35.5. The molecule has 1 aliphatic carbocycles. The van der Waals surface area contributed by atoms with Gasteiger partial charge in [0, 0.05) is 34.5 Å². The van der Waals surface area contributed by atoms with Crippen molar-refractivity contribution < 1.29 is 18.3 Å². The van der Waals surface area contributed by atoms with E-state index in [1.807, 2.05) is 32.0 Å². The lowest BCUT2D eigenvalue weighted by Crippen LogP contribution is -2.22. The fourth-order valence-electron chi connectivity index (χ4n) is 5.75. The Morgan fingerprint density at radius 2 is 1.77 bits per heavy atom. The first kappa shape index (κ1) is 35.6. The third kappa shape index (κ3) is 8.19. The molecule has 1 aliphatic heterocycles. The minimum Gasteiger partial charge on any atom is -0.491 e. The van der Waals surface area contributed by atoms with Crippen LogP contribution >= 0.6 is 11.6 Å². The highest BCUT2D eigenvalue weighted by Crippen LogP contribution is 2.54. The number of nitrogens with one attached hydrogen (secondary N) is 1. The zero-order valence-electron chi connectivity index (χ0n) is 27.7. The maximum atomic E-state index is 16.2. The number of benzene rings is 2. The number of halogens is 3. The van der Waals surface area contributed by atoms with E-state index in [9.17, 15) is 4.39 Å². The molecule has 0 bridgehead atoms. The van der Waals surface area contributed by atoms with Gasteiger partial charge < -0.3 is 21.5 Å². The van der Waals surface area contributed by atoms with Gasteiger partial charge in [0.1, 0.15) is 22.8 Å². The van der Waals surface area contributed by atoms with Gasteiger partial charge in [0.25, 0.3) is 0 Å². The zero-order chi connectivity index (χ0) is 34.4. The maximum absolute atomic E-state index is 16.2. The standard InChI is InChI=1S/C33H34ClF2N3O.C3H7N.CH3NO/c1-5-12-40-28-15-20(13-22-16-26(34)19(2)38-29(22)28)14-24(33(36)10-11-33)27-17-25-31(37-18-32(25,3)4)30(39-27)21-6-8-23(35)9-7-21;1-2-3-4;2-1-3/h6-9,13,15-17,24,37H,5,10-12,14,18H2,1-4H3;2-3H,4H2,1H3;1H,(H2,2,3)/b;3-2-;. The first-order valence-corrected chi connectivity index (χ1v) is 16.2. The SMILES string of the molecule is C/C=C\N.CCCOc1cc(CC(c2cc3c(c(-c4ccc(F)cc4)n2)NCC3(C)C)C2(F)CC2)cc2cc(Cl)c(C)nc12.NC=O. The Kier molecular flexibility index (Phi) is 11.4. The van der Waals surface area contributed by atoms with Crippen molar-refractivity contribution in [3.8, 4) is 17.0 Å². The summed E-state index contributed by atoms with van der Waals surface area (Å²) >= 11 is 6.44. The Morgan fingerprint density at radius 3 is 2.36 bits per heavy atom. The molecule has 250 valence electrons. The molecule has 1 saturated carbocycles. The largest absolute Gasteiger partial charge is 0.491 e. The Labute approximate surface area is 280 Å². The van der Waals surface area contributed by atoms with Crippen molar-refractivity contribution in [2.45, 2.75) is 77.3 Å². The van der Waals surface area contributed by atoms with Crippen LogP contribution in [0.15, 0.2) is 60.8 Å². The number of aryl methyl sites for hydroxylation is 1. The van der Waals surface area contributed by atoms with E-state index < -0.39 is 11.6 Å². The van der Waals surface area contributed by atoms with Gasteiger partial charge in [-0.25, -0.2) is 13.8 Å². The molecule has 2 aromatic heterocycles. The van der Waals surface area contributed by atoms with Crippen LogP contribution in [-0.4, -0.2) is 35.2 Å². The van der Waals surface area contributed by atoms with E-state index >= 15 is 4.39 Å². The van der Waals surface area contributed by atoms with Crippen LogP contribution < -0.4 is 21.5 Å². The molecule has 5 N–H and O–H groups in total. The Morgan fingerprint density at radius 1 is 1.11 bits per heavy atom. The molecule has 10 heteroatoms. The van der Waals surface area contributed by atoms with Crippen LogP contribution in [0.4, 0.5) is 14.5 Å². The highest BCUT2D eigenvalue weighted by Gasteiger charge is 2.52. The second-order valence-corrected chi connectivity index (χ2v) is 13.0. The molecule has 2 aromatic carbocycles. The zero-order valence-corrected chi connectivity index (χ0v) is 28.4. The van der Waals surface area contributed by atoms with Crippen molar-refractivity contribution in [2.24, 2.45) is 11.5 Å². The number of aromatic nitrogens is 2. The molecule has 0 saturated heterocycles. The summed E-state index contributed by atoms with van der Waals surface area (Å²) in [5.74, 6) is -0.0554. The molecule has 6 rings (SSSR count). The molecule has 7 nitrogen and oxygen atoms in total. The number of fused-ring (bicyclic) bond motifs is 2. The van der Waals surface area contributed by atoms with Crippen LogP contribution in [0.2, 0.25) is 5.02 Å². The van der Waals surface area contributed by atoms with Gasteiger partial charge in [-0.15, -0.1) is 0 Å². The average Bonchev–Trinajstić information content (AvgIpc) is 3.72. The van der Waals surface area contributed by atoms with Crippen LogP contribution in [-0.2, 0) is 16.6 Å². The second kappa shape index (κ2) is 15.1. The minimum atomic E-state index is -1.33. The lowest BCUT2D eigenvalue weighted by atomic mass is 9.82. The molecule has 4 aromatic rings. The topological polar surface area (TPSA) is 116 Å². The van der Waals surface area contributed by atoms with E-state index in [0.717, 1.165) is 63.3 Å². The summed E-state index contributed by atoms with van der Waals surface area (Å²) in [6, 6.07) is 14.4. The number of amides is 1. The number of carbonyl (C=O) groups excluding carboxylic acids is 1. The molecule has 0 spiro atoms. The molecule has 0 radical (unpaired) electrons. The number of ether oxygens (including phenoxy) is 1. The van der Waals surface area contributed by atoms with Crippen molar-refractivity contribution in [3.05, 3.63) is 94.2 Å². The average molecular weight is 664 g/mol. The number of pyridine rings is 2. The summed E-state index contributed by atoms with van der Waals surface area (Å²) in [5, 5.41) is 4.98. The molecule has 1 amide bonds. The molecule has 1 atom stereocenters. The number of nitrogens with two attached hydrogens (primary N) is 2. The van der Waals surface area contributed by atoms with Gasteiger partial charge in [-0.2, -0.15) is 0 Å². The maximum Gasteiger partial charge on any atom is 0.204 e. The Hall–Kier alpha value is -4.24. The first-order chi connectivity index (χ1) is 22.4. The van der Waals surface area contributed by atoms with Gasteiger partial charge in [0.15, 0.2) is 0 Å². The summed E-state index contributed by atoms with van der Waals surface area (Å²) in [6.45, 7) is 11.5. The number of allylic oxidation sites excluding steroid dienone is 1. The minimum absolute atomic E-state index is 0.149. The summed E-state index contributed by atoms with van der Waals surface area (Å²) in [5.41, 5.74) is 14.3. The lowest BCUT2D eigenvalue weighted by molar-refractivity contribution is -0.106. The lowest BCUT2D eigenvalue weighted by Gasteiger charge is -2.25. The fourth-order valence-corrected chi connectivity index (χ4v) is 5.91. The van der Waals surface area contributed by atoms with Crippen LogP contribution in [0.5, 0.6) is 5.75 Å². The van der Waals surface area contributed by atoms with Crippen LogP contribution in [0.3, 0.4) is 0 Å². The van der Waals surface area contributed by atoms with Gasteiger partial charge in [-0.1, -0.05) is 38.4 Å². The summed E-state index contributed by atoms with van der Waals surface area (Å²) < 4.78 is 36.1. The number of hydrogen-bond acceptors (Lipinski definition) is 6. The predicted molar refractivity (Wildman–Crippen MR) is 187 cm³/mol. The van der Waals surface area contributed by atoms with Crippen molar-refractivity contribution in [3.63, 3.8) is 0 Å². The number of carbonyl (C=O) groups is 1. The van der Waals surface area contributed by atoms with E-state index in [1.165, 1.54) is 18.3 Å². The number of alkyl halides is 1. The number of anilines is 1. The summed E-state index contributed by atoms with van der Waals surface area (Å²) in [4.78, 5) is 18.4. The third-order valence-electron chi connectivity index (χ3n) is 8.47. The van der Waals surface area contributed by atoms with Gasteiger partial charge in [0.2, 0.25) is 6.41 Å².